The van der Waals surface area contributed by atoms with Gasteiger partial charge < -0.3 is 9.64 Å². The van der Waals surface area contributed by atoms with Crippen molar-refractivity contribution in [3.8, 4) is 0 Å². The van der Waals surface area contributed by atoms with Crippen molar-refractivity contribution in [2.45, 2.75) is 57.8 Å². The number of carbonyl (C=O) groups is 2. The number of carbonyl (C=O) groups excluding carboxylic acids is 2. The highest BCUT2D eigenvalue weighted by atomic mass is 16.5. The lowest BCUT2D eigenvalue weighted by atomic mass is 9.63. The van der Waals surface area contributed by atoms with Crippen LogP contribution in [0.5, 0.6) is 0 Å². The summed E-state index contributed by atoms with van der Waals surface area (Å²) in [5, 5.41) is 0. The van der Waals surface area contributed by atoms with Crippen LogP contribution in [0.15, 0.2) is 41.4 Å². The predicted molar refractivity (Wildman–Crippen MR) is 124 cm³/mol. The lowest BCUT2D eigenvalue weighted by Crippen LogP contribution is -2.34. The minimum atomic E-state index is -0.382. The zero-order chi connectivity index (χ0) is 22.6. The van der Waals surface area contributed by atoms with E-state index in [0.717, 1.165) is 29.8 Å². The molecule has 4 rings (SSSR count). The first-order valence-electron chi connectivity index (χ1n) is 10.8. The van der Waals surface area contributed by atoms with Gasteiger partial charge in [0.15, 0.2) is 0 Å². The van der Waals surface area contributed by atoms with E-state index in [2.05, 4.69) is 39.8 Å². The summed E-state index contributed by atoms with van der Waals surface area (Å²) in [4.78, 5) is 31.5. The Balaban J connectivity index is 1.86. The molecule has 5 heteroatoms. The molecule has 0 bridgehead atoms. The van der Waals surface area contributed by atoms with Gasteiger partial charge in [0.25, 0.3) is 0 Å². The van der Waals surface area contributed by atoms with Crippen molar-refractivity contribution < 1.29 is 14.3 Å². The third-order valence-electron chi connectivity index (χ3n) is 6.90. The number of methoxy groups -OCH3 is 1. The molecule has 1 heterocycles. The van der Waals surface area contributed by atoms with Crippen LogP contribution in [0, 0.1) is 0 Å². The fraction of sp³-hybridized carbons (Fsp3) is 0.423. The number of ether oxygens (including phenoxy) is 1. The number of amides is 1. The maximum Gasteiger partial charge on any atom is 0.337 e. The molecule has 0 saturated heterocycles. The maximum absolute atomic E-state index is 13.0. The van der Waals surface area contributed by atoms with Gasteiger partial charge in [-0.1, -0.05) is 39.8 Å². The number of nitrogens with zero attached hydrogens (tertiary/aromatic N) is 2. The smallest absolute Gasteiger partial charge is 0.337 e. The molecule has 2 aromatic rings. The standard InChI is InChI=1S/C26H30N2O3/c1-25(2)11-12-26(3,4)19-14-22-21(13-18(19)25)27-20(15-23(29)28(22)5)16-7-9-17(10-8-16)24(30)31-6/h7-10,13-14H,11-12,15H2,1-6H3. The second kappa shape index (κ2) is 7.33. The van der Waals surface area contributed by atoms with Crippen molar-refractivity contribution in [3.05, 3.63) is 58.7 Å². The Labute approximate surface area is 184 Å². The normalized spacial score (nSPS) is 19.1. The molecule has 0 unspecified atom stereocenters. The molecule has 0 radical (unpaired) electrons. The third kappa shape index (κ3) is 3.67. The van der Waals surface area contributed by atoms with Crippen molar-refractivity contribution in [3.63, 3.8) is 0 Å². The van der Waals surface area contributed by atoms with Gasteiger partial charge in [0.1, 0.15) is 0 Å². The first kappa shape index (κ1) is 21.3. The zero-order valence-corrected chi connectivity index (χ0v) is 19.2. The summed E-state index contributed by atoms with van der Waals surface area (Å²) in [6.07, 6.45) is 2.44. The van der Waals surface area contributed by atoms with Crippen molar-refractivity contribution in [1.82, 2.24) is 0 Å². The van der Waals surface area contributed by atoms with E-state index in [1.165, 1.54) is 18.2 Å². The molecule has 0 saturated carbocycles. The Morgan fingerprint density at radius 3 is 2.16 bits per heavy atom. The van der Waals surface area contributed by atoms with Crippen LogP contribution in [0.1, 0.15) is 74.0 Å². The topological polar surface area (TPSA) is 59.0 Å². The quantitative estimate of drug-likeness (QED) is 0.621. The Kier molecular flexibility index (Phi) is 5.03. The molecule has 1 amide bonds. The van der Waals surface area contributed by atoms with Crippen molar-refractivity contribution in [1.29, 1.82) is 0 Å². The van der Waals surface area contributed by atoms with E-state index in [1.807, 2.05) is 19.2 Å². The van der Waals surface area contributed by atoms with E-state index in [9.17, 15) is 9.59 Å². The van der Waals surface area contributed by atoms with Crippen LogP contribution in [-0.2, 0) is 20.4 Å². The second-order valence-electron chi connectivity index (χ2n) is 9.91. The monoisotopic (exact) mass is 418 g/mol. The minimum Gasteiger partial charge on any atom is -0.465 e. The zero-order valence-electron chi connectivity index (χ0n) is 19.2. The second-order valence-corrected chi connectivity index (χ2v) is 9.91. The summed E-state index contributed by atoms with van der Waals surface area (Å²) in [7, 11) is 3.19. The van der Waals surface area contributed by atoms with E-state index in [-0.39, 0.29) is 29.1 Å². The minimum absolute atomic E-state index is 0.00219. The molecule has 0 N–H and O–H groups in total. The third-order valence-corrected chi connectivity index (χ3v) is 6.90. The fourth-order valence-electron chi connectivity index (χ4n) is 4.61. The summed E-state index contributed by atoms with van der Waals surface area (Å²) < 4.78 is 4.78. The van der Waals surface area contributed by atoms with Gasteiger partial charge in [0, 0.05) is 7.05 Å². The van der Waals surface area contributed by atoms with E-state index in [4.69, 9.17) is 9.73 Å². The van der Waals surface area contributed by atoms with E-state index in [0.29, 0.717) is 11.3 Å². The Hall–Kier alpha value is -2.95. The predicted octanol–water partition coefficient (Wildman–Crippen LogP) is 5.31. The summed E-state index contributed by atoms with van der Waals surface area (Å²) >= 11 is 0. The van der Waals surface area contributed by atoms with E-state index < -0.39 is 0 Å². The highest BCUT2D eigenvalue weighted by Gasteiger charge is 2.38. The molecule has 0 spiro atoms. The van der Waals surface area contributed by atoms with Gasteiger partial charge in [-0.3, -0.25) is 9.79 Å². The number of esters is 1. The molecule has 0 fully saturated rings. The van der Waals surface area contributed by atoms with Crippen LogP contribution in [0.4, 0.5) is 11.4 Å². The van der Waals surface area contributed by atoms with Crippen LogP contribution in [-0.4, -0.2) is 31.7 Å². The number of aliphatic imine (C=N–C) groups is 1. The number of hydrogen-bond acceptors (Lipinski definition) is 4. The van der Waals surface area contributed by atoms with Crippen molar-refractivity contribution in [2.24, 2.45) is 4.99 Å². The average Bonchev–Trinajstić information content (AvgIpc) is 2.86. The van der Waals surface area contributed by atoms with Gasteiger partial charge >= 0.3 is 5.97 Å². The lowest BCUT2D eigenvalue weighted by molar-refractivity contribution is -0.117. The van der Waals surface area contributed by atoms with E-state index >= 15 is 0 Å². The molecule has 0 atom stereocenters. The van der Waals surface area contributed by atoms with Crippen LogP contribution in [0.3, 0.4) is 0 Å². The molecule has 0 aromatic heterocycles. The molecule has 2 aliphatic rings. The van der Waals surface area contributed by atoms with Gasteiger partial charge in [-0.2, -0.15) is 0 Å². The SMILES string of the molecule is COC(=O)c1ccc(C2=Nc3cc4c(cc3N(C)C(=O)C2)C(C)(C)CCC4(C)C)cc1. The van der Waals surface area contributed by atoms with Crippen molar-refractivity contribution >= 4 is 29.0 Å². The first-order chi connectivity index (χ1) is 14.5. The van der Waals surface area contributed by atoms with Crippen LogP contribution < -0.4 is 4.90 Å². The lowest BCUT2D eigenvalue weighted by Gasteiger charge is -2.42. The Bertz CT molecular complexity index is 1090. The number of hydrogen-bond donors (Lipinski definition) is 0. The summed E-state index contributed by atoms with van der Waals surface area (Å²) in [6.45, 7) is 9.14. The van der Waals surface area contributed by atoms with Gasteiger partial charge in [-0.15, -0.1) is 0 Å². The largest absolute Gasteiger partial charge is 0.465 e. The van der Waals surface area contributed by atoms with Gasteiger partial charge in [0.05, 0.1) is 36.2 Å². The van der Waals surface area contributed by atoms with Crippen molar-refractivity contribution in [2.75, 3.05) is 19.1 Å². The van der Waals surface area contributed by atoms with Gasteiger partial charge in [0.2, 0.25) is 5.91 Å². The molecular weight excluding hydrogens is 388 g/mol. The summed E-state index contributed by atoms with van der Waals surface area (Å²) in [5.41, 5.74) is 6.44. The van der Waals surface area contributed by atoms with Gasteiger partial charge in [-0.25, -0.2) is 4.79 Å². The highest BCUT2D eigenvalue weighted by molar-refractivity contribution is 6.17. The molecule has 2 aromatic carbocycles. The van der Waals surface area contributed by atoms with Gasteiger partial charge in [-0.05, 0) is 64.6 Å². The Morgan fingerprint density at radius 1 is 1.00 bits per heavy atom. The number of rotatable bonds is 2. The van der Waals surface area contributed by atoms with Crippen LogP contribution in [0.25, 0.3) is 0 Å². The molecule has 1 aliphatic carbocycles. The van der Waals surface area contributed by atoms with Crippen LogP contribution >= 0.6 is 0 Å². The molecule has 5 nitrogen and oxygen atoms in total. The highest BCUT2D eigenvalue weighted by Crippen LogP contribution is 2.49. The number of fused-ring (bicyclic) bond motifs is 2. The molecule has 1 aliphatic heterocycles. The number of anilines is 1. The Morgan fingerprint density at radius 2 is 1.58 bits per heavy atom. The maximum atomic E-state index is 13.0. The first-order valence-corrected chi connectivity index (χ1v) is 10.8. The average molecular weight is 419 g/mol. The fourth-order valence-corrected chi connectivity index (χ4v) is 4.61. The number of benzene rings is 2. The molecule has 162 valence electrons. The van der Waals surface area contributed by atoms with E-state index in [1.54, 1.807) is 17.0 Å². The van der Waals surface area contributed by atoms with Crippen LogP contribution in [0.2, 0.25) is 0 Å². The molecular formula is C26H30N2O3. The summed E-state index contributed by atoms with van der Waals surface area (Å²) in [5.74, 6) is -0.380. The summed E-state index contributed by atoms with van der Waals surface area (Å²) in [6, 6.07) is 11.4. The molecule has 31 heavy (non-hydrogen) atoms.